The largest absolute Gasteiger partial charge is 0.481 e. The minimum atomic E-state index is -0.747. The third-order valence-electron chi connectivity index (χ3n) is 3.98. The van der Waals surface area contributed by atoms with Crippen LogP contribution in [0.2, 0.25) is 0 Å². The van der Waals surface area contributed by atoms with Crippen molar-refractivity contribution in [3.63, 3.8) is 0 Å². The van der Waals surface area contributed by atoms with Crippen molar-refractivity contribution in [2.75, 3.05) is 13.1 Å². The fraction of sp³-hybridized carbons (Fsp3) is 0.846. The molecule has 1 rings (SSSR count). The van der Waals surface area contributed by atoms with E-state index in [1.165, 1.54) is 0 Å². The molecule has 18 heavy (non-hydrogen) atoms. The summed E-state index contributed by atoms with van der Waals surface area (Å²) in [4.78, 5) is 24.5. The third kappa shape index (κ3) is 3.89. The second kappa shape index (κ2) is 6.61. The molecular weight excluding hydrogens is 232 g/mol. The number of nitrogens with one attached hydrogen (secondary N) is 1. The number of carbonyl (C=O) groups is 2. The van der Waals surface area contributed by atoms with Crippen molar-refractivity contribution in [2.24, 2.45) is 11.8 Å². The van der Waals surface area contributed by atoms with Crippen molar-refractivity contribution in [2.45, 2.75) is 46.1 Å². The number of nitrogens with zero attached hydrogens (tertiary/aromatic N) is 1. The van der Waals surface area contributed by atoms with E-state index < -0.39 is 5.97 Å². The number of likely N-dealkylation sites (tertiary alicyclic amines) is 1. The van der Waals surface area contributed by atoms with Gasteiger partial charge in [0.05, 0.1) is 5.92 Å². The topological polar surface area (TPSA) is 69.6 Å². The van der Waals surface area contributed by atoms with Crippen LogP contribution >= 0.6 is 0 Å². The van der Waals surface area contributed by atoms with E-state index in [2.05, 4.69) is 19.2 Å². The molecule has 1 aliphatic heterocycles. The van der Waals surface area contributed by atoms with E-state index in [4.69, 9.17) is 5.11 Å². The van der Waals surface area contributed by atoms with Gasteiger partial charge in [-0.05, 0) is 25.7 Å². The van der Waals surface area contributed by atoms with Gasteiger partial charge in [-0.2, -0.15) is 0 Å². The lowest BCUT2D eigenvalue weighted by molar-refractivity contribution is -0.143. The van der Waals surface area contributed by atoms with Crippen LogP contribution in [0.3, 0.4) is 0 Å². The van der Waals surface area contributed by atoms with Crippen LogP contribution in [0.25, 0.3) is 0 Å². The predicted molar refractivity (Wildman–Crippen MR) is 69.4 cm³/mol. The highest BCUT2D eigenvalue weighted by Gasteiger charge is 2.27. The van der Waals surface area contributed by atoms with Crippen molar-refractivity contribution in [1.82, 2.24) is 10.2 Å². The molecule has 5 nitrogen and oxygen atoms in total. The number of hydrogen-bond acceptors (Lipinski definition) is 2. The molecule has 0 aliphatic carbocycles. The maximum absolute atomic E-state index is 12.0. The summed E-state index contributed by atoms with van der Waals surface area (Å²) in [5.74, 6) is -0.588. The first-order valence-electron chi connectivity index (χ1n) is 6.74. The molecule has 0 bridgehead atoms. The summed E-state index contributed by atoms with van der Waals surface area (Å²) in [6.45, 7) is 7.30. The number of carboxylic acids is 1. The van der Waals surface area contributed by atoms with Crippen molar-refractivity contribution < 1.29 is 14.7 Å². The summed E-state index contributed by atoms with van der Waals surface area (Å²) < 4.78 is 0. The maximum atomic E-state index is 12.0. The van der Waals surface area contributed by atoms with Crippen LogP contribution in [0.15, 0.2) is 0 Å². The summed E-state index contributed by atoms with van der Waals surface area (Å²) in [6.07, 6.45) is 2.14. The Bertz CT molecular complexity index is 299. The highest BCUT2D eigenvalue weighted by molar-refractivity contribution is 5.75. The lowest BCUT2D eigenvalue weighted by atomic mass is 9.97. The molecule has 5 heteroatoms. The van der Waals surface area contributed by atoms with E-state index in [9.17, 15) is 9.59 Å². The molecule has 0 radical (unpaired) electrons. The third-order valence-corrected chi connectivity index (χ3v) is 3.98. The molecule has 0 spiro atoms. The van der Waals surface area contributed by atoms with Crippen molar-refractivity contribution in [1.29, 1.82) is 0 Å². The van der Waals surface area contributed by atoms with Gasteiger partial charge in [-0.1, -0.05) is 20.3 Å². The number of urea groups is 1. The zero-order valence-corrected chi connectivity index (χ0v) is 11.5. The van der Waals surface area contributed by atoms with Gasteiger partial charge in [-0.15, -0.1) is 0 Å². The summed E-state index contributed by atoms with van der Waals surface area (Å²) >= 11 is 0. The Morgan fingerprint density at radius 1 is 1.33 bits per heavy atom. The summed E-state index contributed by atoms with van der Waals surface area (Å²) in [5, 5.41) is 11.9. The molecule has 2 atom stereocenters. The fourth-order valence-electron chi connectivity index (χ4n) is 2.11. The van der Waals surface area contributed by atoms with Crippen molar-refractivity contribution in [3.8, 4) is 0 Å². The highest BCUT2D eigenvalue weighted by atomic mass is 16.4. The van der Waals surface area contributed by atoms with Crippen LogP contribution in [0.5, 0.6) is 0 Å². The van der Waals surface area contributed by atoms with Gasteiger partial charge in [0, 0.05) is 19.1 Å². The summed E-state index contributed by atoms with van der Waals surface area (Å²) in [5.41, 5.74) is 0. The standard InChI is InChI=1S/C13H24N2O3/c1-4-9(2)10(3)14-13(18)15-7-5-11(6-8-15)12(16)17/h9-11H,4-8H2,1-3H3,(H,14,18)(H,16,17). The minimum Gasteiger partial charge on any atom is -0.481 e. The second-order valence-electron chi connectivity index (χ2n) is 5.22. The molecule has 1 fully saturated rings. The quantitative estimate of drug-likeness (QED) is 0.807. The van der Waals surface area contributed by atoms with Crippen LogP contribution in [-0.4, -0.2) is 41.1 Å². The van der Waals surface area contributed by atoms with E-state index in [1.807, 2.05) is 6.92 Å². The average Bonchev–Trinajstić information content (AvgIpc) is 2.37. The SMILES string of the molecule is CCC(C)C(C)NC(=O)N1CCC(C(=O)O)CC1. The molecule has 2 unspecified atom stereocenters. The minimum absolute atomic E-state index is 0.0633. The highest BCUT2D eigenvalue weighted by Crippen LogP contribution is 2.17. The first-order valence-corrected chi connectivity index (χ1v) is 6.74. The van der Waals surface area contributed by atoms with Crippen LogP contribution in [0.1, 0.15) is 40.0 Å². The van der Waals surface area contributed by atoms with Gasteiger partial charge in [0.25, 0.3) is 0 Å². The molecular formula is C13H24N2O3. The zero-order chi connectivity index (χ0) is 13.7. The van der Waals surface area contributed by atoms with E-state index >= 15 is 0 Å². The Hall–Kier alpha value is -1.26. The molecule has 1 saturated heterocycles. The van der Waals surface area contributed by atoms with E-state index in [0.717, 1.165) is 6.42 Å². The van der Waals surface area contributed by atoms with Crippen LogP contribution in [0, 0.1) is 11.8 Å². The Labute approximate surface area is 109 Å². The van der Waals surface area contributed by atoms with Gasteiger partial charge >= 0.3 is 12.0 Å². The Morgan fingerprint density at radius 2 is 1.89 bits per heavy atom. The van der Waals surface area contributed by atoms with Gasteiger partial charge in [-0.3, -0.25) is 4.79 Å². The number of carbonyl (C=O) groups excluding carboxylic acids is 1. The van der Waals surface area contributed by atoms with E-state index in [1.54, 1.807) is 4.90 Å². The molecule has 0 aromatic heterocycles. The number of hydrogen-bond donors (Lipinski definition) is 2. The average molecular weight is 256 g/mol. The normalized spacial score (nSPS) is 20.3. The number of rotatable bonds is 4. The molecule has 1 heterocycles. The number of amides is 2. The van der Waals surface area contributed by atoms with Gasteiger partial charge in [0.1, 0.15) is 0 Å². The molecule has 0 saturated carbocycles. The first-order chi connectivity index (χ1) is 8.45. The monoisotopic (exact) mass is 256 g/mol. The Balaban J connectivity index is 2.38. The van der Waals surface area contributed by atoms with Gasteiger partial charge < -0.3 is 15.3 Å². The summed E-state index contributed by atoms with van der Waals surface area (Å²) in [7, 11) is 0. The summed E-state index contributed by atoms with van der Waals surface area (Å²) in [6, 6.07) is 0.0892. The molecule has 0 aromatic carbocycles. The predicted octanol–water partition coefficient (Wildman–Crippen LogP) is 1.93. The van der Waals surface area contributed by atoms with Crippen LogP contribution in [-0.2, 0) is 4.79 Å². The van der Waals surface area contributed by atoms with Gasteiger partial charge in [0.2, 0.25) is 0 Å². The molecule has 1 aliphatic rings. The first kappa shape index (κ1) is 14.8. The van der Waals surface area contributed by atoms with Gasteiger partial charge in [-0.25, -0.2) is 4.79 Å². The Kier molecular flexibility index (Phi) is 5.44. The Morgan fingerprint density at radius 3 is 2.33 bits per heavy atom. The van der Waals surface area contributed by atoms with E-state index in [0.29, 0.717) is 31.8 Å². The maximum Gasteiger partial charge on any atom is 0.317 e. The molecule has 2 amide bonds. The van der Waals surface area contributed by atoms with Crippen LogP contribution < -0.4 is 5.32 Å². The number of carboxylic acid groups (broad SMARTS) is 1. The van der Waals surface area contributed by atoms with Gasteiger partial charge in [0.15, 0.2) is 0 Å². The van der Waals surface area contributed by atoms with Crippen LogP contribution in [0.4, 0.5) is 4.79 Å². The van der Waals surface area contributed by atoms with Crippen molar-refractivity contribution in [3.05, 3.63) is 0 Å². The zero-order valence-electron chi connectivity index (χ0n) is 11.5. The lowest BCUT2D eigenvalue weighted by Crippen LogP contribution is -2.49. The smallest absolute Gasteiger partial charge is 0.317 e. The van der Waals surface area contributed by atoms with Crippen molar-refractivity contribution >= 4 is 12.0 Å². The molecule has 0 aromatic rings. The molecule has 104 valence electrons. The molecule has 2 N–H and O–H groups in total. The van der Waals surface area contributed by atoms with E-state index in [-0.39, 0.29) is 18.0 Å². The second-order valence-corrected chi connectivity index (χ2v) is 5.22. The number of aliphatic carboxylic acids is 1. The number of piperidine rings is 1. The lowest BCUT2D eigenvalue weighted by Gasteiger charge is -2.32. The fourth-order valence-corrected chi connectivity index (χ4v) is 2.11.